The van der Waals surface area contributed by atoms with Gasteiger partial charge in [0.2, 0.25) is 0 Å². The molecule has 8 fully saturated rings. The Bertz CT molecular complexity index is 3840. The molecule has 0 spiro atoms. The Kier molecular flexibility index (Phi) is 47.9. The molecule has 7 aromatic carbocycles. The summed E-state index contributed by atoms with van der Waals surface area (Å²) in [5.74, 6) is 1.70. The van der Waals surface area contributed by atoms with E-state index in [4.69, 9.17) is 67.6 Å². The SMILES string of the molecule is C.C1CCC([PH+](C2CCCCC2)C2CCCCC2)CC1.C1CCC([PH+](C2CCCCC2)C2CCCCC2)CC1.CC(C)Oc1ccccc1[CH]=[Ru]([Cl])[Cl].CC(C)Oc1ccccc1[CH]=[Ru]([Cl])[Cl].Cc1cc(C)c(N2[CH-]N(c3c(C)cc(C)cc3C)CC2)c(C)c1.Cc1cc(C)c(N2[CH-]N(c3c(C)cc(C)cc3C)CC2)c(C)c1.[Cl][Ru]([Cl])=[CH]c1ccccc1. The van der Waals surface area contributed by atoms with Crippen LogP contribution in [-0.2, 0) is 40.6 Å². The first-order valence-electron chi connectivity index (χ1n) is 46.5. The van der Waals surface area contributed by atoms with Gasteiger partial charge in [-0.15, -0.1) is 0 Å². The zero-order chi connectivity index (χ0) is 87.8. The Morgan fingerprint density at radius 1 is 0.301 bits per heavy atom. The Morgan fingerprint density at radius 2 is 0.504 bits per heavy atom. The van der Waals surface area contributed by atoms with Crippen LogP contribution in [0.15, 0.2) is 127 Å². The summed E-state index contributed by atoms with van der Waals surface area (Å²) in [6, 6.07) is 43.7. The molecular weight excluding hydrogens is 1940 g/mol. The van der Waals surface area contributed by atoms with E-state index < -0.39 is 40.6 Å². The molecule has 123 heavy (non-hydrogen) atoms. The number of hydrogen-bond acceptors (Lipinski definition) is 6. The van der Waals surface area contributed by atoms with Crippen LogP contribution < -0.4 is 29.1 Å². The number of ether oxygens (including phenoxy) is 2. The van der Waals surface area contributed by atoms with Crippen LogP contribution in [0.3, 0.4) is 0 Å². The Labute approximate surface area is 791 Å². The van der Waals surface area contributed by atoms with Gasteiger partial charge in [0, 0.05) is 64.8 Å². The van der Waals surface area contributed by atoms with Gasteiger partial charge in [0.25, 0.3) is 0 Å². The van der Waals surface area contributed by atoms with Gasteiger partial charge in [-0.3, -0.25) is 0 Å². The summed E-state index contributed by atoms with van der Waals surface area (Å²) >= 11 is -5.16. The van der Waals surface area contributed by atoms with Crippen molar-refractivity contribution in [2.75, 3.05) is 45.8 Å². The molecule has 0 atom stereocenters. The quantitative estimate of drug-likeness (QED) is 0.0513. The Morgan fingerprint density at radius 3 is 0.707 bits per heavy atom. The molecule has 0 unspecified atom stereocenters. The zero-order valence-electron chi connectivity index (χ0n) is 77.1. The molecule has 17 heteroatoms. The summed E-state index contributed by atoms with van der Waals surface area (Å²) in [6.07, 6.45) is 47.9. The van der Waals surface area contributed by atoms with Crippen LogP contribution in [0.1, 0.15) is 311 Å². The van der Waals surface area contributed by atoms with Crippen LogP contribution in [0.4, 0.5) is 22.7 Å². The molecule has 0 aromatic heterocycles. The van der Waals surface area contributed by atoms with Crippen LogP contribution in [-0.4, -0.2) is 86.2 Å². The number of benzene rings is 7. The number of halogens is 6. The van der Waals surface area contributed by atoms with Crippen molar-refractivity contribution in [3.05, 3.63) is 224 Å². The fourth-order valence-electron chi connectivity index (χ4n) is 21.4. The van der Waals surface area contributed by atoms with Crippen LogP contribution in [0, 0.1) is 96.4 Å². The zero-order valence-corrected chi connectivity index (χ0v) is 88.9. The van der Waals surface area contributed by atoms with E-state index in [1.54, 1.807) is 193 Å². The standard InChI is InChI=1S/2C21H27N2.2C18H33P.2C10H12O.C7H6.CH4.6ClH.3Ru/c2*1-14-9-16(3)20(17(4)10-14)22-7-8-23(13-22)21-18(5)11-15(2)12-19(21)6;2*1-4-10-16(11-5-1)19(17-12-6-2-7-13-17)18-14-8-3-9-15-18;2*1-8(2)11-10-7-5-4-6-9(10)3;1-7-5-3-2-4-6-7;;;;;;;;;;/h2*9-13H,7-8H2,1-6H3;2*16-18H,1-15H2;2*3-8H,1-2H3;1-6H;1H4;6*1H;;;/q2*-1;;;;;;;;;;;;;3*+2/p-4. The van der Waals surface area contributed by atoms with Crippen molar-refractivity contribution in [1.82, 2.24) is 0 Å². The van der Waals surface area contributed by atoms with Crippen molar-refractivity contribution >= 4 is 111 Å². The van der Waals surface area contributed by atoms with Crippen molar-refractivity contribution in [1.29, 1.82) is 0 Å². The number of aryl methyl sites for hydroxylation is 12. The van der Waals surface area contributed by atoms with Gasteiger partial charge in [-0.1, -0.05) is 117 Å². The Balaban J connectivity index is 0.000000180. The number of anilines is 4. The summed E-state index contributed by atoms with van der Waals surface area (Å²) < 4.78 is 17.0. The van der Waals surface area contributed by atoms with Gasteiger partial charge >= 0.3 is 269 Å². The molecule has 0 amide bonds. The van der Waals surface area contributed by atoms with Crippen LogP contribution in [0.25, 0.3) is 0 Å². The topological polar surface area (TPSA) is 31.4 Å². The third kappa shape index (κ3) is 34.8. The third-order valence-corrected chi connectivity index (χ3v) is 40.5. The van der Waals surface area contributed by atoms with Gasteiger partial charge in [0.05, 0.1) is 34.0 Å². The average Bonchev–Trinajstić information content (AvgIpc) is 1.77. The van der Waals surface area contributed by atoms with Crippen LogP contribution in [0.5, 0.6) is 11.5 Å². The van der Waals surface area contributed by atoms with Gasteiger partial charge in [-0.05, 0) is 282 Å². The maximum absolute atomic E-state index is 5.82. The summed E-state index contributed by atoms with van der Waals surface area (Å²) in [4.78, 5) is 9.62. The van der Waals surface area contributed by atoms with Crippen molar-refractivity contribution in [2.24, 2.45) is 0 Å². The molecule has 6 nitrogen and oxygen atoms in total. The first-order valence-corrected chi connectivity index (χ1v) is 66.4. The second-order valence-electron chi connectivity index (χ2n) is 36.7. The minimum absolute atomic E-state index is 0. The molecule has 15 rings (SSSR count). The number of rotatable bonds is 17. The Hall–Kier alpha value is -2.58. The second-order valence-corrected chi connectivity index (χ2v) is 60.8. The molecule has 6 aliphatic carbocycles. The fraction of sp³-hybridized carbons (Fsp3) is 0.557. The predicted octanol–water partition coefficient (Wildman–Crippen LogP) is 32.9. The van der Waals surface area contributed by atoms with E-state index in [1.807, 2.05) is 120 Å². The first-order chi connectivity index (χ1) is 58.6. The van der Waals surface area contributed by atoms with Gasteiger partial charge in [-0.2, -0.15) is 13.3 Å². The maximum atomic E-state index is 5.82. The van der Waals surface area contributed by atoms with Crippen molar-refractivity contribution in [3.8, 4) is 11.5 Å². The molecule has 8 aliphatic rings. The number of hydrogen-bond donors (Lipinski definition) is 0. The van der Waals surface area contributed by atoms with Crippen molar-refractivity contribution in [3.63, 3.8) is 0 Å². The van der Waals surface area contributed by atoms with Crippen molar-refractivity contribution in [2.45, 2.75) is 357 Å². The molecule has 6 saturated carbocycles. The molecular formula is C106H156Cl6N4O2P2Ru3. The molecule has 7 aromatic rings. The normalized spacial score (nSPS) is 17.9. The monoisotopic (exact) mass is 2090 g/mol. The fourth-order valence-corrected chi connectivity index (χ4v) is 37.3. The first kappa shape index (κ1) is 106. The average molecular weight is 2100 g/mol. The molecule has 688 valence electrons. The van der Waals surface area contributed by atoms with E-state index in [1.165, 1.54) is 123 Å². The summed E-state index contributed by atoms with van der Waals surface area (Å²) in [7, 11) is 34.5. The molecule has 0 N–H and O–H groups in total. The molecule has 0 radical (unpaired) electrons. The van der Waals surface area contributed by atoms with Gasteiger partial charge in [0.1, 0.15) is 0 Å². The van der Waals surface area contributed by atoms with E-state index in [9.17, 15) is 0 Å². The van der Waals surface area contributed by atoms with E-state index in [0.717, 1.165) is 54.4 Å². The molecule has 2 heterocycles. The summed E-state index contributed by atoms with van der Waals surface area (Å²) in [6.45, 7) is 43.1. The number of para-hydroxylation sites is 2. The summed E-state index contributed by atoms with van der Waals surface area (Å²) in [5.41, 5.74) is 32.1. The van der Waals surface area contributed by atoms with Crippen molar-refractivity contribution < 1.29 is 50.0 Å². The van der Waals surface area contributed by atoms with Crippen LogP contribution >= 0.6 is 74.0 Å². The van der Waals surface area contributed by atoms with E-state index in [2.05, 4.69) is 165 Å². The number of nitrogens with zero attached hydrogens (tertiary/aromatic N) is 4. The molecule has 2 saturated heterocycles. The molecule has 2 aliphatic heterocycles. The second kappa shape index (κ2) is 55.7. The van der Waals surface area contributed by atoms with E-state index in [-0.39, 0.29) is 35.5 Å². The molecule has 0 bridgehead atoms. The van der Waals surface area contributed by atoms with E-state index >= 15 is 0 Å². The predicted molar refractivity (Wildman–Crippen MR) is 547 cm³/mol. The van der Waals surface area contributed by atoms with Gasteiger partial charge < -0.3 is 19.6 Å². The summed E-state index contributed by atoms with van der Waals surface area (Å²) in [5, 5.41) is 0. The minimum atomic E-state index is -1.77. The van der Waals surface area contributed by atoms with Gasteiger partial charge in [-0.25, -0.2) is 0 Å². The van der Waals surface area contributed by atoms with E-state index in [0.29, 0.717) is 0 Å². The van der Waals surface area contributed by atoms with Gasteiger partial charge in [0.15, 0.2) is 0 Å². The van der Waals surface area contributed by atoms with Crippen LogP contribution in [0.2, 0.25) is 0 Å². The third-order valence-electron chi connectivity index (χ3n) is 25.8.